The van der Waals surface area contributed by atoms with E-state index in [9.17, 15) is 9.59 Å². The Balaban J connectivity index is 2.58. The van der Waals surface area contributed by atoms with Crippen molar-refractivity contribution in [3.05, 3.63) is 0 Å². The molecule has 0 bridgehead atoms. The van der Waals surface area contributed by atoms with Gasteiger partial charge >= 0.3 is 0 Å². The number of carbonyl (C=O) groups excluding carboxylic acids is 2. The highest BCUT2D eigenvalue weighted by Gasteiger charge is 2.06. The SMILES string of the molecule is C/C1=N\OCC(=O)NC/C(C)=N/OCC(=O)NC1. The van der Waals surface area contributed by atoms with Crippen LogP contribution in [0.2, 0.25) is 0 Å². The summed E-state index contributed by atoms with van der Waals surface area (Å²) in [4.78, 5) is 32.2. The molecule has 100 valence electrons. The predicted molar refractivity (Wildman–Crippen MR) is 64.1 cm³/mol. The molecule has 0 aliphatic carbocycles. The van der Waals surface area contributed by atoms with Gasteiger partial charge < -0.3 is 20.3 Å². The third-order valence-electron chi connectivity index (χ3n) is 1.91. The van der Waals surface area contributed by atoms with E-state index in [2.05, 4.69) is 20.9 Å². The lowest BCUT2D eigenvalue weighted by Crippen LogP contribution is -2.33. The second-order valence-electron chi connectivity index (χ2n) is 3.75. The molecule has 18 heavy (non-hydrogen) atoms. The van der Waals surface area contributed by atoms with Gasteiger partial charge in [0.05, 0.1) is 24.5 Å². The highest BCUT2D eigenvalue weighted by atomic mass is 16.6. The quantitative estimate of drug-likeness (QED) is 0.581. The Hall–Kier alpha value is -2.12. The Labute approximate surface area is 104 Å². The van der Waals surface area contributed by atoms with E-state index in [0.29, 0.717) is 11.4 Å². The van der Waals surface area contributed by atoms with Gasteiger partial charge in [-0.2, -0.15) is 0 Å². The second kappa shape index (κ2) is 7.25. The Morgan fingerprint density at radius 1 is 0.889 bits per heavy atom. The minimum Gasteiger partial charge on any atom is -0.386 e. The van der Waals surface area contributed by atoms with Gasteiger partial charge in [0.1, 0.15) is 0 Å². The number of hydrogen-bond donors (Lipinski definition) is 2. The van der Waals surface area contributed by atoms with Gasteiger partial charge in [-0.05, 0) is 13.8 Å². The molecule has 0 aromatic rings. The van der Waals surface area contributed by atoms with E-state index in [0.717, 1.165) is 0 Å². The van der Waals surface area contributed by atoms with Crippen molar-refractivity contribution in [2.24, 2.45) is 10.3 Å². The number of rotatable bonds is 0. The molecule has 8 nitrogen and oxygen atoms in total. The summed E-state index contributed by atoms with van der Waals surface area (Å²) in [7, 11) is 0. The highest BCUT2D eigenvalue weighted by molar-refractivity contribution is 5.89. The zero-order chi connectivity index (χ0) is 13.4. The molecule has 1 aliphatic heterocycles. The maximum Gasteiger partial charge on any atom is 0.261 e. The largest absolute Gasteiger partial charge is 0.386 e. The highest BCUT2D eigenvalue weighted by Crippen LogP contribution is 1.86. The van der Waals surface area contributed by atoms with E-state index in [4.69, 9.17) is 9.68 Å². The lowest BCUT2D eigenvalue weighted by Gasteiger charge is -2.08. The van der Waals surface area contributed by atoms with Gasteiger partial charge in [0, 0.05) is 0 Å². The summed E-state index contributed by atoms with van der Waals surface area (Å²) in [5.74, 6) is -0.607. The summed E-state index contributed by atoms with van der Waals surface area (Å²) in [5, 5.41) is 12.5. The molecule has 0 atom stereocenters. The van der Waals surface area contributed by atoms with Gasteiger partial charge in [-0.3, -0.25) is 9.59 Å². The molecule has 0 saturated heterocycles. The Morgan fingerprint density at radius 3 is 1.67 bits per heavy atom. The number of nitrogens with one attached hydrogen (secondary N) is 2. The maximum atomic E-state index is 11.3. The first-order valence-electron chi connectivity index (χ1n) is 5.42. The zero-order valence-electron chi connectivity index (χ0n) is 10.4. The van der Waals surface area contributed by atoms with Gasteiger partial charge in [-0.15, -0.1) is 0 Å². The number of hydrogen-bond acceptors (Lipinski definition) is 6. The molecule has 0 aromatic heterocycles. The number of amides is 2. The predicted octanol–water partition coefficient (Wildman–Crippen LogP) is -0.983. The normalized spacial score (nSPS) is 25.0. The van der Waals surface area contributed by atoms with Crippen molar-refractivity contribution < 1.29 is 19.3 Å². The lowest BCUT2D eigenvalue weighted by atomic mass is 10.4. The maximum absolute atomic E-state index is 11.3. The average Bonchev–Trinajstić information content (AvgIpc) is 2.33. The summed E-state index contributed by atoms with van der Waals surface area (Å²) in [6.07, 6.45) is 0. The van der Waals surface area contributed by atoms with Crippen LogP contribution in [-0.2, 0) is 19.3 Å². The molecule has 2 N–H and O–H groups in total. The van der Waals surface area contributed by atoms with Crippen LogP contribution in [0.4, 0.5) is 0 Å². The van der Waals surface area contributed by atoms with E-state index in [1.54, 1.807) is 13.8 Å². The van der Waals surface area contributed by atoms with Crippen molar-refractivity contribution in [1.82, 2.24) is 10.6 Å². The molecule has 8 heteroatoms. The van der Waals surface area contributed by atoms with Crippen molar-refractivity contribution in [1.29, 1.82) is 0 Å². The molecular weight excluding hydrogens is 240 g/mol. The fourth-order valence-corrected chi connectivity index (χ4v) is 1.02. The van der Waals surface area contributed by atoms with Crippen molar-refractivity contribution in [2.45, 2.75) is 13.8 Å². The topological polar surface area (TPSA) is 101 Å². The van der Waals surface area contributed by atoms with Gasteiger partial charge in [0.2, 0.25) is 0 Å². The zero-order valence-corrected chi connectivity index (χ0v) is 10.4. The Morgan fingerprint density at radius 2 is 1.28 bits per heavy atom. The van der Waals surface area contributed by atoms with E-state index in [1.807, 2.05) is 0 Å². The second-order valence-corrected chi connectivity index (χ2v) is 3.75. The van der Waals surface area contributed by atoms with Gasteiger partial charge in [-0.1, -0.05) is 10.3 Å². The standard InChI is InChI=1S/C10H16N4O4/c1-7-3-11-9(15)6-18-14-8(2)4-12-10(16)5-17-13-7/h3-6H2,1-2H3,(H,11,15)(H,12,16)/b13-7+,14-8+. The van der Waals surface area contributed by atoms with Gasteiger partial charge in [0.25, 0.3) is 11.8 Å². The number of nitrogens with zero attached hydrogens (tertiary/aromatic N) is 2. The van der Waals surface area contributed by atoms with E-state index < -0.39 is 0 Å². The molecule has 0 unspecified atom stereocenters. The summed E-state index contributed by atoms with van der Waals surface area (Å²) in [6.45, 7) is 3.44. The minimum absolute atomic E-state index is 0.181. The minimum atomic E-state index is -0.304. The van der Waals surface area contributed by atoms with Crippen LogP contribution in [0.1, 0.15) is 13.8 Å². The molecular formula is C10H16N4O4. The average molecular weight is 256 g/mol. The van der Waals surface area contributed by atoms with Gasteiger partial charge in [-0.25, -0.2) is 0 Å². The fourth-order valence-electron chi connectivity index (χ4n) is 1.02. The Kier molecular flexibility index (Phi) is 5.62. The van der Waals surface area contributed by atoms with Crippen LogP contribution in [0, 0.1) is 0 Å². The first-order valence-corrected chi connectivity index (χ1v) is 5.42. The van der Waals surface area contributed by atoms with Crippen LogP contribution in [0.5, 0.6) is 0 Å². The van der Waals surface area contributed by atoms with E-state index in [-0.39, 0.29) is 38.1 Å². The first kappa shape index (κ1) is 13.9. The fraction of sp³-hybridized carbons (Fsp3) is 0.600. The molecule has 1 rings (SSSR count). The third kappa shape index (κ3) is 5.83. The van der Waals surface area contributed by atoms with Crippen LogP contribution in [0.3, 0.4) is 0 Å². The molecule has 0 fully saturated rings. The molecule has 0 spiro atoms. The smallest absolute Gasteiger partial charge is 0.261 e. The molecule has 0 saturated carbocycles. The van der Waals surface area contributed by atoms with Crippen molar-refractivity contribution in [3.8, 4) is 0 Å². The summed E-state index contributed by atoms with van der Waals surface area (Å²) in [6, 6.07) is 0. The van der Waals surface area contributed by atoms with Crippen LogP contribution in [-0.4, -0.2) is 49.5 Å². The number of carbonyl (C=O) groups is 2. The van der Waals surface area contributed by atoms with Crippen LogP contribution < -0.4 is 10.6 Å². The molecule has 1 heterocycles. The molecule has 0 aromatic carbocycles. The monoisotopic (exact) mass is 256 g/mol. The third-order valence-corrected chi connectivity index (χ3v) is 1.91. The molecule has 2 amide bonds. The van der Waals surface area contributed by atoms with Crippen LogP contribution >= 0.6 is 0 Å². The van der Waals surface area contributed by atoms with Crippen molar-refractivity contribution in [3.63, 3.8) is 0 Å². The van der Waals surface area contributed by atoms with Crippen LogP contribution in [0.25, 0.3) is 0 Å². The Bertz CT molecular complexity index is 342. The first-order chi connectivity index (χ1) is 8.58. The summed E-state index contributed by atoms with van der Waals surface area (Å²) in [5.41, 5.74) is 1.10. The molecule has 1 aliphatic rings. The van der Waals surface area contributed by atoms with Crippen LogP contribution in [0.15, 0.2) is 10.3 Å². The van der Waals surface area contributed by atoms with Crippen molar-refractivity contribution >= 4 is 23.2 Å². The summed E-state index contributed by atoms with van der Waals surface area (Å²) < 4.78 is 0. The van der Waals surface area contributed by atoms with E-state index in [1.165, 1.54) is 0 Å². The molecule has 0 radical (unpaired) electrons. The van der Waals surface area contributed by atoms with Gasteiger partial charge in [0.15, 0.2) is 13.2 Å². The summed E-state index contributed by atoms with van der Waals surface area (Å²) >= 11 is 0. The number of oxime groups is 2. The van der Waals surface area contributed by atoms with Crippen molar-refractivity contribution in [2.75, 3.05) is 26.3 Å². The van der Waals surface area contributed by atoms with E-state index >= 15 is 0 Å². The lowest BCUT2D eigenvalue weighted by molar-refractivity contribution is -0.126.